The fourth-order valence-electron chi connectivity index (χ4n) is 6.09. The zero-order valence-corrected chi connectivity index (χ0v) is 25.7. The standard InChI is InChI=1S/C31H39N7O3S/c1-20(2)24-6-7-27(38-16-23(21(38)3)17-42(5,39)40)26-14-33-29(12-25(24)26)35-28-8-11-32-30(36-28)22-13-34-37(15-22)18-31(9-10-31)19-41-4/h6-8,11-15,20-21,23H,9-10,16-19H2,1-5H3,(H,32,33,35,36)/t21-,23-/m1/s1. The Labute approximate surface area is 247 Å². The Morgan fingerprint density at radius 3 is 2.62 bits per heavy atom. The molecule has 1 aromatic carbocycles. The van der Waals surface area contributed by atoms with Crippen LogP contribution >= 0.6 is 0 Å². The van der Waals surface area contributed by atoms with Crippen LogP contribution < -0.4 is 10.2 Å². The lowest BCUT2D eigenvalue weighted by Gasteiger charge is -2.48. The van der Waals surface area contributed by atoms with Gasteiger partial charge in [0.05, 0.1) is 24.1 Å². The van der Waals surface area contributed by atoms with E-state index in [2.05, 4.69) is 59.3 Å². The van der Waals surface area contributed by atoms with E-state index in [0.29, 0.717) is 23.4 Å². The van der Waals surface area contributed by atoms with Gasteiger partial charge in [-0.1, -0.05) is 19.9 Å². The van der Waals surface area contributed by atoms with Crippen molar-refractivity contribution in [1.29, 1.82) is 0 Å². The third-order valence-corrected chi connectivity index (χ3v) is 9.71. The van der Waals surface area contributed by atoms with Crippen LogP contribution in [-0.2, 0) is 21.1 Å². The Morgan fingerprint density at radius 1 is 1.12 bits per heavy atom. The molecule has 10 nitrogen and oxygen atoms in total. The molecule has 1 aliphatic heterocycles. The molecular weight excluding hydrogens is 550 g/mol. The van der Waals surface area contributed by atoms with Crippen LogP contribution in [0.5, 0.6) is 0 Å². The molecule has 4 heterocycles. The number of fused-ring (bicyclic) bond motifs is 1. The van der Waals surface area contributed by atoms with Gasteiger partial charge in [0.2, 0.25) is 0 Å². The van der Waals surface area contributed by atoms with Gasteiger partial charge in [0.15, 0.2) is 5.82 Å². The largest absolute Gasteiger partial charge is 0.384 e. The summed E-state index contributed by atoms with van der Waals surface area (Å²) in [6.07, 6.45) is 11.1. The van der Waals surface area contributed by atoms with Gasteiger partial charge in [-0.3, -0.25) is 4.68 Å². The lowest BCUT2D eigenvalue weighted by molar-refractivity contribution is 0.128. The fourth-order valence-corrected chi connectivity index (χ4v) is 7.26. The van der Waals surface area contributed by atoms with E-state index in [1.54, 1.807) is 13.3 Å². The van der Waals surface area contributed by atoms with Gasteiger partial charge in [-0.2, -0.15) is 5.10 Å². The fraction of sp³-hybridized carbons (Fsp3) is 0.484. The van der Waals surface area contributed by atoms with Crippen molar-refractivity contribution in [3.63, 3.8) is 0 Å². The number of pyridine rings is 1. The van der Waals surface area contributed by atoms with Crippen LogP contribution in [0.25, 0.3) is 22.2 Å². The number of methoxy groups -OCH3 is 1. The summed E-state index contributed by atoms with van der Waals surface area (Å²) in [6, 6.07) is 8.39. The van der Waals surface area contributed by atoms with Gasteiger partial charge in [-0.15, -0.1) is 0 Å². The van der Waals surface area contributed by atoms with Gasteiger partial charge < -0.3 is 15.0 Å². The molecule has 1 saturated carbocycles. The molecule has 42 heavy (non-hydrogen) atoms. The monoisotopic (exact) mass is 589 g/mol. The van der Waals surface area contributed by atoms with Gasteiger partial charge in [0.25, 0.3) is 0 Å². The van der Waals surface area contributed by atoms with E-state index < -0.39 is 9.84 Å². The van der Waals surface area contributed by atoms with Crippen LogP contribution in [0.2, 0.25) is 0 Å². The highest BCUT2D eigenvalue weighted by Gasteiger charge is 2.43. The zero-order chi connectivity index (χ0) is 29.6. The number of nitrogens with one attached hydrogen (secondary N) is 1. The normalized spacial score (nSPS) is 19.7. The van der Waals surface area contributed by atoms with Crippen molar-refractivity contribution in [2.75, 3.05) is 42.5 Å². The quantitative estimate of drug-likeness (QED) is 0.257. The van der Waals surface area contributed by atoms with Crippen molar-refractivity contribution in [2.24, 2.45) is 11.3 Å². The Bertz CT molecular complexity index is 1710. The van der Waals surface area contributed by atoms with Crippen LogP contribution in [0.4, 0.5) is 17.3 Å². The van der Waals surface area contributed by atoms with Crippen molar-refractivity contribution in [3.05, 3.63) is 54.6 Å². The summed E-state index contributed by atoms with van der Waals surface area (Å²) in [6.45, 7) is 8.77. The highest BCUT2D eigenvalue weighted by molar-refractivity contribution is 7.90. The molecule has 6 rings (SSSR count). The molecule has 11 heteroatoms. The Hall–Kier alpha value is -3.57. The number of anilines is 3. The number of hydrogen-bond acceptors (Lipinski definition) is 9. The van der Waals surface area contributed by atoms with Crippen LogP contribution in [0.1, 0.15) is 45.1 Å². The zero-order valence-electron chi connectivity index (χ0n) is 24.9. The number of ether oxygens (including phenoxy) is 1. The van der Waals surface area contributed by atoms with Gasteiger partial charge in [0, 0.05) is 73.5 Å². The molecule has 0 bridgehead atoms. The van der Waals surface area contributed by atoms with Gasteiger partial charge in [0.1, 0.15) is 21.5 Å². The predicted octanol–water partition coefficient (Wildman–Crippen LogP) is 5.05. The highest BCUT2D eigenvalue weighted by atomic mass is 32.2. The molecule has 0 amide bonds. The van der Waals surface area contributed by atoms with E-state index in [1.807, 2.05) is 29.3 Å². The Kier molecular flexibility index (Phi) is 7.43. The molecule has 0 radical (unpaired) electrons. The average molecular weight is 590 g/mol. The molecule has 4 aromatic rings. The second kappa shape index (κ2) is 10.9. The first kappa shape index (κ1) is 28.5. The minimum Gasteiger partial charge on any atom is -0.384 e. The summed E-state index contributed by atoms with van der Waals surface area (Å²) >= 11 is 0. The molecule has 1 saturated heterocycles. The maximum absolute atomic E-state index is 11.9. The Morgan fingerprint density at radius 2 is 1.93 bits per heavy atom. The minimum atomic E-state index is -3.01. The molecule has 0 unspecified atom stereocenters. The van der Waals surface area contributed by atoms with E-state index in [9.17, 15) is 8.42 Å². The second-order valence-corrected chi connectivity index (χ2v) is 14.6. The lowest BCUT2D eigenvalue weighted by atomic mass is 9.88. The number of nitrogens with zero attached hydrogens (tertiary/aromatic N) is 6. The van der Waals surface area contributed by atoms with Crippen LogP contribution in [0.3, 0.4) is 0 Å². The average Bonchev–Trinajstić information content (AvgIpc) is 3.53. The SMILES string of the molecule is COCC1(Cn2cc(-c3nccc(Nc4cc5c(C(C)C)ccc(N6C[C@H](CS(C)(=O)=O)[C@H]6C)c5cn4)n3)cn2)CC1. The highest BCUT2D eigenvalue weighted by Crippen LogP contribution is 2.47. The Balaban J connectivity index is 1.24. The maximum atomic E-state index is 11.9. The second-order valence-electron chi connectivity index (χ2n) is 12.4. The number of rotatable bonds is 11. The molecule has 2 atom stereocenters. The van der Waals surface area contributed by atoms with Crippen molar-refractivity contribution < 1.29 is 13.2 Å². The molecule has 2 fully saturated rings. The summed E-state index contributed by atoms with van der Waals surface area (Å²) in [4.78, 5) is 16.3. The van der Waals surface area contributed by atoms with Crippen molar-refractivity contribution >= 4 is 37.9 Å². The lowest BCUT2D eigenvalue weighted by Crippen LogP contribution is -2.57. The van der Waals surface area contributed by atoms with Gasteiger partial charge in [-0.05, 0) is 54.8 Å². The maximum Gasteiger partial charge on any atom is 0.164 e. The number of hydrogen-bond donors (Lipinski definition) is 1. The first-order chi connectivity index (χ1) is 20.0. The summed E-state index contributed by atoms with van der Waals surface area (Å²) < 4.78 is 31.1. The number of benzene rings is 1. The molecule has 0 spiro atoms. The molecule has 1 N–H and O–H groups in total. The molecule has 3 aromatic heterocycles. The van der Waals surface area contributed by atoms with Crippen molar-refractivity contribution in [1.82, 2.24) is 24.7 Å². The topological polar surface area (TPSA) is 115 Å². The summed E-state index contributed by atoms with van der Waals surface area (Å²) in [5.74, 6) is 2.63. The summed E-state index contributed by atoms with van der Waals surface area (Å²) in [7, 11) is -1.26. The van der Waals surface area contributed by atoms with E-state index in [-0.39, 0.29) is 23.1 Å². The van der Waals surface area contributed by atoms with E-state index >= 15 is 0 Å². The van der Waals surface area contributed by atoms with Crippen LogP contribution in [0, 0.1) is 11.3 Å². The predicted molar refractivity (Wildman–Crippen MR) is 166 cm³/mol. The van der Waals surface area contributed by atoms with Crippen LogP contribution in [-0.4, -0.2) is 71.5 Å². The molecule has 1 aliphatic carbocycles. The molecular formula is C31H39N7O3S. The molecule has 2 aliphatic rings. The smallest absolute Gasteiger partial charge is 0.164 e. The van der Waals surface area contributed by atoms with E-state index in [4.69, 9.17) is 14.7 Å². The minimum absolute atomic E-state index is 0.132. The van der Waals surface area contributed by atoms with Gasteiger partial charge >= 0.3 is 0 Å². The first-order valence-electron chi connectivity index (χ1n) is 14.5. The van der Waals surface area contributed by atoms with Crippen molar-refractivity contribution in [2.45, 2.75) is 52.1 Å². The summed E-state index contributed by atoms with van der Waals surface area (Å²) in [5.41, 5.74) is 3.39. The third-order valence-electron chi connectivity index (χ3n) is 8.67. The number of aromatic nitrogens is 5. The van der Waals surface area contributed by atoms with Crippen LogP contribution in [0.15, 0.2) is 49.1 Å². The number of sulfone groups is 1. The van der Waals surface area contributed by atoms with E-state index in [1.165, 1.54) is 11.8 Å². The first-order valence-corrected chi connectivity index (χ1v) is 16.6. The third kappa shape index (κ3) is 5.85. The van der Waals surface area contributed by atoms with Crippen molar-refractivity contribution in [3.8, 4) is 11.4 Å². The summed E-state index contributed by atoms with van der Waals surface area (Å²) in [5, 5.41) is 10.1. The van der Waals surface area contributed by atoms with Gasteiger partial charge in [-0.25, -0.2) is 23.4 Å². The molecule has 222 valence electrons. The van der Waals surface area contributed by atoms with E-state index in [0.717, 1.165) is 54.6 Å².